The number of rotatable bonds is 12. The first-order valence-corrected chi connectivity index (χ1v) is 15.8. The Labute approximate surface area is 257 Å². The standard InChI is InChI=1S/C29H41ClNO9PS/c1-27(2,3)39-25(32)31-29(7,19-37-41(34,35-8)36-9)17-16-20-14-15-21(18-22(20)30)42-24-13-11-10-12-23(24)38-26(33)40-28(4,5)6/h10-15,18H,16-17,19H2,1-9H3,(H,31,32)/t29-/m0/s1. The van der Waals surface area contributed by atoms with E-state index in [0.717, 1.165) is 10.5 Å². The number of benzene rings is 2. The average Bonchev–Trinajstić information content (AvgIpc) is 2.86. The van der Waals surface area contributed by atoms with Gasteiger partial charge in [0.05, 0.1) is 17.0 Å². The summed E-state index contributed by atoms with van der Waals surface area (Å²) in [6, 6.07) is 12.7. The molecular weight excluding hydrogens is 605 g/mol. The lowest BCUT2D eigenvalue weighted by Crippen LogP contribution is -2.51. The van der Waals surface area contributed by atoms with Crippen molar-refractivity contribution in [1.82, 2.24) is 5.32 Å². The maximum Gasteiger partial charge on any atom is 0.514 e. The molecule has 10 nitrogen and oxygen atoms in total. The zero-order valence-electron chi connectivity index (χ0n) is 25.6. The normalized spacial score (nSPS) is 13.7. The highest BCUT2D eigenvalue weighted by Gasteiger charge is 2.34. The van der Waals surface area contributed by atoms with E-state index in [4.69, 9.17) is 39.4 Å². The highest BCUT2D eigenvalue weighted by molar-refractivity contribution is 7.99. The molecule has 2 aromatic rings. The van der Waals surface area contributed by atoms with Gasteiger partial charge in [-0.3, -0.25) is 13.6 Å². The van der Waals surface area contributed by atoms with E-state index in [1.54, 1.807) is 60.6 Å². The molecular formula is C29H41ClNO9PS. The fraction of sp³-hybridized carbons (Fsp3) is 0.517. The number of carbonyl (C=O) groups is 2. The van der Waals surface area contributed by atoms with Crippen LogP contribution in [0.4, 0.5) is 9.59 Å². The molecule has 0 heterocycles. The number of para-hydroxylation sites is 1. The van der Waals surface area contributed by atoms with Gasteiger partial charge in [0, 0.05) is 24.1 Å². The Morgan fingerprint density at radius 1 is 0.929 bits per heavy atom. The Balaban J connectivity index is 2.18. The number of hydrogen-bond donors (Lipinski definition) is 1. The van der Waals surface area contributed by atoms with Gasteiger partial charge in [-0.15, -0.1) is 0 Å². The van der Waals surface area contributed by atoms with E-state index in [0.29, 0.717) is 28.5 Å². The summed E-state index contributed by atoms with van der Waals surface area (Å²) in [5.74, 6) is 0.366. The van der Waals surface area contributed by atoms with Crippen LogP contribution >= 0.6 is 31.2 Å². The van der Waals surface area contributed by atoms with Crippen molar-refractivity contribution in [2.75, 3.05) is 20.8 Å². The van der Waals surface area contributed by atoms with Gasteiger partial charge in [-0.25, -0.2) is 14.2 Å². The summed E-state index contributed by atoms with van der Waals surface area (Å²) in [6.45, 7) is 12.1. The highest BCUT2D eigenvalue weighted by Crippen LogP contribution is 2.48. The first kappa shape index (κ1) is 35.9. The van der Waals surface area contributed by atoms with Crippen LogP contribution in [0.2, 0.25) is 5.02 Å². The van der Waals surface area contributed by atoms with Crippen LogP contribution in [0, 0.1) is 0 Å². The zero-order valence-corrected chi connectivity index (χ0v) is 28.0. The predicted octanol–water partition coefficient (Wildman–Crippen LogP) is 8.44. The summed E-state index contributed by atoms with van der Waals surface area (Å²) in [7, 11) is -1.37. The quantitative estimate of drug-likeness (QED) is 0.137. The number of amides is 1. The monoisotopic (exact) mass is 645 g/mol. The molecule has 0 fully saturated rings. The molecule has 1 atom stereocenters. The molecule has 1 N–H and O–H groups in total. The van der Waals surface area contributed by atoms with Crippen molar-refractivity contribution in [2.24, 2.45) is 0 Å². The van der Waals surface area contributed by atoms with Gasteiger partial charge in [-0.2, -0.15) is 0 Å². The van der Waals surface area contributed by atoms with E-state index >= 15 is 0 Å². The molecule has 234 valence electrons. The van der Waals surface area contributed by atoms with Crippen molar-refractivity contribution >= 4 is 43.4 Å². The fourth-order valence-corrected chi connectivity index (χ4v) is 5.50. The highest BCUT2D eigenvalue weighted by atomic mass is 35.5. The molecule has 0 spiro atoms. The van der Waals surface area contributed by atoms with Gasteiger partial charge in [-0.05, 0) is 91.1 Å². The Morgan fingerprint density at radius 2 is 1.55 bits per heavy atom. The van der Waals surface area contributed by atoms with Crippen LogP contribution in [0.25, 0.3) is 0 Å². The molecule has 2 aromatic carbocycles. The molecule has 0 aliphatic heterocycles. The lowest BCUT2D eigenvalue weighted by molar-refractivity contribution is 0.0200. The Hall–Kier alpha value is -2.27. The average molecular weight is 646 g/mol. The molecule has 0 aliphatic carbocycles. The fourth-order valence-electron chi connectivity index (χ4n) is 3.43. The molecule has 1 amide bonds. The third-order valence-corrected chi connectivity index (χ3v) is 8.16. The minimum absolute atomic E-state index is 0.175. The molecule has 0 saturated heterocycles. The Morgan fingerprint density at radius 3 is 2.12 bits per heavy atom. The number of ether oxygens (including phenoxy) is 3. The minimum atomic E-state index is -3.79. The summed E-state index contributed by atoms with van der Waals surface area (Å²) >= 11 is 8.04. The summed E-state index contributed by atoms with van der Waals surface area (Å²) in [4.78, 5) is 26.3. The van der Waals surface area contributed by atoms with Crippen molar-refractivity contribution in [3.8, 4) is 5.75 Å². The van der Waals surface area contributed by atoms with Crippen molar-refractivity contribution in [2.45, 2.75) is 87.8 Å². The van der Waals surface area contributed by atoms with Gasteiger partial charge in [0.15, 0.2) is 0 Å². The first-order chi connectivity index (χ1) is 19.4. The first-order valence-electron chi connectivity index (χ1n) is 13.2. The van der Waals surface area contributed by atoms with Gasteiger partial charge in [0.25, 0.3) is 0 Å². The number of nitrogens with one attached hydrogen (secondary N) is 1. The van der Waals surface area contributed by atoms with Crippen LogP contribution in [-0.4, -0.2) is 49.8 Å². The number of phosphoric acid groups is 1. The topological polar surface area (TPSA) is 119 Å². The third kappa shape index (κ3) is 12.5. The van der Waals surface area contributed by atoms with Gasteiger partial charge in [0.1, 0.15) is 17.0 Å². The third-order valence-electron chi connectivity index (χ3n) is 5.42. The smallest absolute Gasteiger partial charge is 0.444 e. The number of phosphoric ester groups is 1. The van der Waals surface area contributed by atoms with Crippen LogP contribution in [0.1, 0.15) is 60.5 Å². The van der Waals surface area contributed by atoms with Crippen LogP contribution in [-0.2, 0) is 34.0 Å². The minimum Gasteiger partial charge on any atom is -0.444 e. The van der Waals surface area contributed by atoms with Crippen LogP contribution < -0.4 is 10.1 Å². The predicted molar refractivity (Wildman–Crippen MR) is 163 cm³/mol. The van der Waals surface area contributed by atoms with E-state index in [1.165, 1.54) is 26.0 Å². The zero-order chi connectivity index (χ0) is 31.8. The van der Waals surface area contributed by atoms with Crippen molar-refractivity contribution in [3.63, 3.8) is 0 Å². The molecule has 0 aliphatic rings. The van der Waals surface area contributed by atoms with Gasteiger partial charge >= 0.3 is 20.1 Å². The largest absolute Gasteiger partial charge is 0.514 e. The number of aryl methyl sites for hydroxylation is 1. The lowest BCUT2D eigenvalue weighted by atomic mass is 9.94. The number of carbonyl (C=O) groups excluding carboxylic acids is 2. The van der Waals surface area contributed by atoms with Gasteiger partial charge in [0.2, 0.25) is 0 Å². The molecule has 0 aromatic heterocycles. The van der Waals surface area contributed by atoms with Crippen LogP contribution in [0.5, 0.6) is 5.75 Å². The van der Waals surface area contributed by atoms with Crippen molar-refractivity contribution in [1.29, 1.82) is 0 Å². The van der Waals surface area contributed by atoms with E-state index in [2.05, 4.69) is 5.32 Å². The molecule has 0 radical (unpaired) electrons. The molecule has 0 unspecified atom stereocenters. The molecule has 13 heteroatoms. The second-order valence-corrected chi connectivity index (χ2v) is 15.0. The lowest BCUT2D eigenvalue weighted by Gasteiger charge is -2.32. The number of halogens is 1. The molecule has 2 rings (SSSR count). The van der Waals surface area contributed by atoms with Crippen molar-refractivity contribution < 1.29 is 41.9 Å². The Bertz CT molecular complexity index is 1270. The van der Waals surface area contributed by atoms with E-state index in [1.807, 2.05) is 30.3 Å². The maximum atomic E-state index is 12.6. The summed E-state index contributed by atoms with van der Waals surface area (Å²) < 4.78 is 43.8. The van der Waals surface area contributed by atoms with E-state index in [-0.39, 0.29) is 6.61 Å². The molecule has 42 heavy (non-hydrogen) atoms. The molecule has 0 saturated carbocycles. The van der Waals surface area contributed by atoms with E-state index < -0.39 is 36.8 Å². The van der Waals surface area contributed by atoms with Gasteiger partial charge < -0.3 is 19.5 Å². The van der Waals surface area contributed by atoms with Crippen LogP contribution in [0.3, 0.4) is 0 Å². The summed E-state index contributed by atoms with van der Waals surface area (Å²) in [6.07, 6.45) is -0.632. The summed E-state index contributed by atoms with van der Waals surface area (Å²) in [5, 5.41) is 3.33. The molecule has 0 bridgehead atoms. The Kier molecular flexibility index (Phi) is 12.8. The second kappa shape index (κ2) is 14.9. The second-order valence-electron chi connectivity index (χ2n) is 11.6. The SMILES string of the molecule is COP(=O)(OC)OC[C@](C)(CCc1ccc(Sc2ccccc2OC(=O)OC(C)(C)C)cc1Cl)NC(=O)OC(C)(C)C. The maximum absolute atomic E-state index is 12.6. The van der Waals surface area contributed by atoms with Gasteiger partial charge in [-0.1, -0.05) is 41.6 Å². The van der Waals surface area contributed by atoms with E-state index in [9.17, 15) is 14.2 Å². The summed E-state index contributed by atoms with van der Waals surface area (Å²) in [5.41, 5.74) is -1.59. The van der Waals surface area contributed by atoms with Crippen molar-refractivity contribution in [3.05, 3.63) is 53.1 Å². The van der Waals surface area contributed by atoms with Crippen LogP contribution in [0.15, 0.2) is 52.3 Å². The number of hydrogen-bond acceptors (Lipinski definition) is 10. The number of alkyl carbamates (subject to hydrolysis) is 1.